The molecule has 0 N–H and O–H groups in total. The number of rotatable bonds is 3. The molecule has 0 aliphatic carbocycles. The van der Waals surface area contributed by atoms with Gasteiger partial charge in [-0.3, -0.25) is 10.1 Å². The summed E-state index contributed by atoms with van der Waals surface area (Å²) < 4.78 is 37.1. The van der Waals surface area contributed by atoms with Gasteiger partial charge in [0.2, 0.25) is 0 Å². The fourth-order valence-corrected chi connectivity index (χ4v) is 2.56. The zero-order valence-corrected chi connectivity index (χ0v) is 10.4. The normalized spacial score (nSPS) is 11.5. The molecule has 0 bridgehead atoms. The van der Waals surface area contributed by atoms with Gasteiger partial charge in [-0.1, -0.05) is 0 Å². The Morgan fingerprint density at radius 3 is 2.32 bits per heavy atom. The van der Waals surface area contributed by atoms with Crippen LogP contribution in [0, 0.1) is 10.1 Å². The highest BCUT2D eigenvalue weighted by Gasteiger charge is 2.31. The summed E-state index contributed by atoms with van der Waals surface area (Å²) in [6, 6.07) is 0. The Labute approximate surface area is 111 Å². The van der Waals surface area contributed by atoms with Gasteiger partial charge in [0, 0.05) is 12.4 Å². The number of hydrogen-bond donors (Lipinski definition) is 0. The predicted molar refractivity (Wildman–Crippen MR) is 59.9 cm³/mol. The SMILES string of the molecule is O=[N+]([O-])c1cnc(Sc2ncc(C(F)(F)F)cn2)s1. The van der Waals surface area contributed by atoms with Crippen LogP contribution >= 0.6 is 23.1 Å². The fourth-order valence-electron chi connectivity index (χ4n) is 0.975. The minimum absolute atomic E-state index is 0.0391. The average Bonchev–Trinajstić information content (AvgIpc) is 2.77. The number of nitro groups is 1. The molecule has 0 atom stereocenters. The summed E-state index contributed by atoms with van der Waals surface area (Å²) >= 11 is 1.65. The average molecular weight is 308 g/mol. The third kappa shape index (κ3) is 3.38. The predicted octanol–water partition coefficient (Wildman–Crippen LogP) is 3.01. The first-order chi connectivity index (χ1) is 8.86. The van der Waals surface area contributed by atoms with Crippen LogP contribution in [-0.4, -0.2) is 19.9 Å². The molecule has 0 saturated heterocycles. The zero-order valence-electron chi connectivity index (χ0n) is 8.79. The molecule has 0 aliphatic heterocycles. The monoisotopic (exact) mass is 308 g/mol. The van der Waals surface area contributed by atoms with Crippen LogP contribution in [0.25, 0.3) is 0 Å². The van der Waals surface area contributed by atoms with E-state index in [0.717, 1.165) is 29.3 Å². The molecule has 0 spiro atoms. The molecule has 11 heteroatoms. The molecular formula is C8H3F3N4O2S2. The Kier molecular flexibility index (Phi) is 3.66. The highest BCUT2D eigenvalue weighted by molar-refractivity contribution is 8.00. The van der Waals surface area contributed by atoms with E-state index in [2.05, 4.69) is 15.0 Å². The number of halogens is 3. The molecule has 2 aromatic heterocycles. The summed E-state index contributed by atoms with van der Waals surface area (Å²) in [5, 5.41) is 10.3. The summed E-state index contributed by atoms with van der Waals surface area (Å²) in [6.07, 6.45) is -2.13. The number of nitrogens with zero attached hydrogens (tertiary/aromatic N) is 4. The minimum Gasteiger partial charge on any atom is -0.257 e. The van der Waals surface area contributed by atoms with Gasteiger partial charge in [0.15, 0.2) is 9.50 Å². The van der Waals surface area contributed by atoms with Crippen molar-refractivity contribution in [3.05, 3.63) is 34.3 Å². The molecular weight excluding hydrogens is 305 g/mol. The Hall–Kier alpha value is -1.75. The Morgan fingerprint density at radius 2 is 1.84 bits per heavy atom. The van der Waals surface area contributed by atoms with Crippen LogP contribution in [-0.2, 0) is 6.18 Å². The molecule has 2 aromatic rings. The molecule has 0 aromatic carbocycles. The molecule has 0 saturated carbocycles. The maximum absolute atomic E-state index is 12.3. The van der Waals surface area contributed by atoms with Gasteiger partial charge in [-0.15, -0.1) is 0 Å². The maximum atomic E-state index is 12.3. The van der Waals surface area contributed by atoms with Gasteiger partial charge in [-0.05, 0) is 23.1 Å². The van der Waals surface area contributed by atoms with Crippen LogP contribution in [0.2, 0.25) is 0 Å². The van der Waals surface area contributed by atoms with Crippen molar-refractivity contribution < 1.29 is 18.1 Å². The first-order valence-electron chi connectivity index (χ1n) is 4.53. The second-order valence-electron chi connectivity index (χ2n) is 3.08. The van der Waals surface area contributed by atoms with E-state index < -0.39 is 16.7 Å². The summed E-state index contributed by atoms with van der Waals surface area (Å²) in [6.45, 7) is 0. The first kappa shape index (κ1) is 13.7. The number of alkyl halides is 3. The van der Waals surface area contributed by atoms with Crippen molar-refractivity contribution in [3.63, 3.8) is 0 Å². The zero-order chi connectivity index (χ0) is 14.0. The second-order valence-corrected chi connectivity index (χ2v) is 5.30. The van der Waals surface area contributed by atoms with Crippen molar-refractivity contribution in [1.82, 2.24) is 15.0 Å². The van der Waals surface area contributed by atoms with Crippen molar-refractivity contribution >= 4 is 28.1 Å². The summed E-state index contributed by atoms with van der Waals surface area (Å²) in [4.78, 5) is 20.6. The molecule has 100 valence electrons. The van der Waals surface area contributed by atoms with Crippen molar-refractivity contribution in [2.45, 2.75) is 15.7 Å². The Morgan fingerprint density at radius 1 is 1.21 bits per heavy atom. The first-order valence-corrected chi connectivity index (χ1v) is 6.17. The van der Waals surface area contributed by atoms with Crippen LogP contribution in [0.5, 0.6) is 0 Å². The van der Waals surface area contributed by atoms with Gasteiger partial charge in [0.1, 0.15) is 6.20 Å². The molecule has 0 amide bonds. The van der Waals surface area contributed by atoms with Crippen LogP contribution in [0.4, 0.5) is 18.2 Å². The lowest BCUT2D eigenvalue weighted by Crippen LogP contribution is -2.06. The Balaban J connectivity index is 2.13. The van der Waals surface area contributed by atoms with Gasteiger partial charge in [0.25, 0.3) is 0 Å². The van der Waals surface area contributed by atoms with Gasteiger partial charge >= 0.3 is 11.2 Å². The smallest absolute Gasteiger partial charge is 0.257 e. The van der Waals surface area contributed by atoms with Crippen molar-refractivity contribution in [2.75, 3.05) is 0 Å². The van der Waals surface area contributed by atoms with Gasteiger partial charge in [0.05, 0.1) is 10.5 Å². The number of aromatic nitrogens is 3. The van der Waals surface area contributed by atoms with Crippen LogP contribution in [0.3, 0.4) is 0 Å². The molecule has 0 fully saturated rings. The number of thiazole rings is 1. The van der Waals surface area contributed by atoms with E-state index in [4.69, 9.17) is 0 Å². The fraction of sp³-hybridized carbons (Fsp3) is 0.125. The topological polar surface area (TPSA) is 81.8 Å². The van der Waals surface area contributed by atoms with Crippen molar-refractivity contribution in [3.8, 4) is 0 Å². The van der Waals surface area contributed by atoms with E-state index >= 15 is 0 Å². The van der Waals surface area contributed by atoms with Crippen LogP contribution in [0.1, 0.15) is 5.56 Å². The van der Waals surface area contributed by atoms with Gasteiger partial charge < -0.3 is 0 Å². The third-order valence-electron chi connectivity index (χ3n) is 1.79. The summed E-state index contributed by atoms with van der Waals surface area (Å²) in [7, 11) is 0. The van der Waals surface area contributed by atoms with Crippen LogP contribution in [0.15, 0.2) is 28.1 Å². The highest BCUT2D eigenvalue weighted by atomic mass is 32.2. The quantitative estimate of drug-likeness (QED) is 0.492. The van der Waals surface area contributed by atoms with E-state index in [0.29, 0.717) is 12.4 Å². The largest absolute Gasteiger partial charge is 0.419 e. The molecule has 0 aliphatic rings. The summed E-state index contributed by atoms with van der Waals surface area (Å²) in [5.74, 6) is 0. The lowest BCUT2D eigenvalue weighted by molar-refractivity contribution is -0.380. The standard InChI is InChI=1S/C8H3F3N4O2S2/c9-8(10,11)4-1-12-6(13-2-4)19-7-14-3-5(18-7)15(16)17/h1-3H. The van der Waals surface area contributed by atoms with Crippen molar-refractivity contribution in [1.29, 1.82) is 0 Å². The number of hydrogen-bond acceptors (Lipinski definition) is 7. The lowest BCUT2D eigenvalue weighted by Gasteiger charge is -2.04. The molecule has 0 unspecified atom stereocenters. The third-order valence-corrected chi connectivity index (χ3v) is 3.70. The van der Waals surface area contributed by atoms with E-state index in [-0.39, 0.29) is 14.5 Å². The molecule has 0 radical (unpaired) electrons. The van der Waals surface area contributed by atoms with E-state index in [9.17, 15) is 23.3 Å². The van der Waals surface area contributed by atoms with E-state index in [1.807, 2.05) is 0 Å². The minimum atomic E-state index is -4.50. The second kappa shape index (κ2) is 5.09. The Bertz CT molecular complexity index is 599. The molecule has 19 heavy (non-hydrogen) atoms. The molecule has 2 rings (SSSR count). The summed E-state index contributed by atoms with van der Waals surface area (Å²) in [5.41, 5.74) is -0.957. The molecule has 2 heterocycles. The van der Waals surface area contributed by atoms with Crippen molar-refractivity contribution in [2.24, 2.45) is 0 Å². The van der Waals surface area contributed by atoms with Gasteiger partial charge in [-0.25, -0.2) is 15.0 Å². The highest BCUT2D eigenvalue weighted by Crippen LogP contribution is 2.33. The van der Waals surface area contributed by atoms with Crippen LogP contribution < -0.4 is 0 Å². The van der Waals surface area contributed by atoms with E-state index in [1.165, 1.54) is 0 Å². The van der Waals surface area contributed by atoms with E-state index in [1.54, 1.807) is 0 Å². The maximum Gasteiger partial charge on any atom is 0.419 e. The lowest BCUT2D eigenvalue weighted by atomic mass is 10.3. The van der Waals surface area contributed by atoms with Gasteiger partial charge in [-0.2, -0.15) is 13.2 Å². The molecule has 6 nitrogen and oxygen atoms in total.